The summed E-state index contributed by atoms with van der Waals surface area (Å²) < 4.78 is 5.92. The SMILES string of the molecule is CNC1NC(c2ccccc2)=C(c2ccccc2)O1. The highest BCUT2D eigenvalue weighted by Crippen LogP contribution is 2.30. The van der Waals surface area contributed by atoms with Gasteiger partial charge in [0.05, 0.1) is 5.70 Å². The lowest BCUT2D eigenvalue weighted by Crippen LogP contribution is -2.36. The van der Waals surface area contributed by atoms with Crippen LogP contribution in [0.2, 0.25) is 0 Å². The molecule has 1 aliphatic heterocycles. The van der Waals surface area contributed by atoms with Gasteiger partial charge in [-0.05, 0) is 7.05 Å². The summed E-state index contributed by atoms with van der Waals surface area (Å²) in [5.74, 6) is 0.881. The van der Waals surface area contributed by atoms with E-state index in [1.54, 1.807) is 0 Å². The van der Waals surface area contributed by atoms with Crippen molar-refractivity contribution in [1.82, 2.24) is 10.6 Å². The van der Waals surface area contributed by atoms with E-state index in [-0.39, 0.29) is 6.35 Å². The topological polar surface area (TPSA) is 33.3 Å². The Morgan fingerprint density at radius 3 is 2.05 bits per heavy atom. The molecule has 3 rings (SSSR count). The number of nitrogens with one attached hydrogen (secondary N) is 2. The monoisotopic (exact) mass is 252 g/mol. The molecule has 96 valence electrons. The van der Waals surface area contributed by atoms with Gasteiger partial charge in [-0.1, -0.05) is 60.7 Å². The van der Waals surface area contributed by atoms with Crippen LogP contribution < -0.4 is 10.6 Å². The molecule has 0 saturated carbocycles. The summed E-state index contributed by atoms with van der Waals surface area (Å²) in [7, 11) is 1.87. The zero-order valence-electron chi connectivity index (χ0n) is 10.8. The lowest BCUT2D eigenvalue weighted by molar-refractivity contribution is 0.145. The second-order valence-electron chi connectivity index (χ2n) is 4.37. The molecule has 2 aromatic carbocycles. The molecule has 1 unspecified atom stereocenters. The summed E-state index contributed by atoms with van der Waals surface area (Å²) in [5.41, 5.74) is 3.22. The van der Waals surface area contributed by atoms with Crippen molar-refractivity contribution in [1.29, 1.82) is 0 Å². The summed E-state index contributed by atoms with van der Waals surface area (Å²) in [6.07, 6.45) is -0.189. The van der Waals surface area contributed by atoms with E-state index >= 15 is 0 Å². The predicted molar refractivity (Wildman–Crippen MR) is 76.8 cm³/mol. The van der Waals surface area contributed by atoms with Crippen molar-refractivity contribution in [3.8, 4) is 0 Å². The zero-order chi connectivity index (χ0) is 13.1. The van der Waals surface area contributed by atoms with E-state index in [2.05, 4.69) is 34.9 Å². The minimum absolute atomic E-state index is 0.189. The fraction of sp³-hybridized carbons (Fsp3) is 0.125. The largest absolute Gasteiger partial charge is 0.455 e. The van der Waals surface area contributed by atoms with E-state index < -0.39 is 0 Å². The van der Waals surface area contributed by atoms with Gasteiger partial charge in [0, 0.05) is 11.1 Å². The number of hydrogen-bond donors (Lipinski definition) is 2. The molecule has 1 heterocycles. The smallest absolute Gasteiger partial charge is 0.227 e. The van der Waals surface area contributed by atoms with Crippen molar-refractivity contribution in [2.24, 2.45) is 0 Å². The van der Waals surface area contributed by atoms with E-state index in [1.807, 2.05) is 43.4 Å². The van der Waals surface area contributed by atoms with Crippen molar-refractivity contribution >= 4 is 11.5 Å². The number of benzene rings is 2. The van der Waals surface area contributed by atoms with E-state index in [0.29, 0.717) is 0 Å². The van der Waals surface area contributed by atoms with Crippen LogP contribution in [0, 0.1) is 0 Å². The molecular weight excluding hydrogens is 236 g/mol. The van der Waals surface area contributed by atoms with Gasteiger partial charge in [0.1, 0.15) is 0 Å². The molecule has 0 radical (unpaired) electrons. The Hall–Kier alpha value is -2.26. The Kier molecular flexibility index (Phi) is 3.21. The van der Waals surface area contributed by atoms with Crippen LogP contribution in [0.25, 0.3) is 11.5 Å². The molecule has 0 spiro atoms. The highest BCUT2D eigenvalue weighted by molar-refractivity contribution is 5.88. The average molecular weight is 252 g/mol. The van der Waals surface area contributed by atoms with Gasteiger partial charge in [-0.25, -0.2) is 0 Å². The van der Waals surface area contributed by atoms with Crippen LogP contribution in [-0.4, -0.2) is 13.4 Å². The summed E-state index contributed by atoms with van der Waals surface area (Å²) >= 11 is 0. The summed E-state index contributed by atoms with van der Waals surface area (Å²) in [5, 5.41) is 6.44. The summed E-state index contributed by atoms with van der Waals surface area (Å²) in [4.78, 5) is 0. The maximum Gasteiger partial charge on any atom is 0.227 e. The molecule has 0 aromatic heterocycles. The first-order valence-electron chi connectivity index (χ1n) is 6.34. The van der Waals surface area contributed by atoms with Crippen molar-refractivity contribution in [2.45, 2.75) is 6.35 Å². The Balaban J connectivity index is 2.05. The van der Waals surface area contributed by atoms with E-state index in [0.717, 1.165) is 22.6 Å². The highest BCUT2D eigenvalue weighted by atomic mass is 16.5. The van der Waals surface area contributed by atoms with Crippen LogP contribution in [0.1, 0.15) is 11.1 Å². The molecular formula is C16H16N2O. The van der Waals surface area contributed by atoms with Gasteiger partial charge in [-0.15, -0.1) is 0 Å². The molecule has 0 saturated heterocycles. The van der Waals surface area contributed by atoms with Crippen LogP contribution in [0.5, 0.6) is 0 Å². The fourth-order valence-corrected chi connectivity index (χ4v) is 2.16. The van der Waals surface area contributed by atoms with Gasteiger partial charge >= 0.3 is 0 Å². The molecule has 0 fully saturated rings. The van der Waals surface area contributed by atoms with Gasteiger partial charge in [0.2, 0.25) is 6.35 Å². The molecule has 1 atom stereocenters. The highest BCUT2D eigenvalue weighted by Gasteiger charge is 2.25. The maximum absolute atomic E-state index is 5.92. The third-order valence-corrected chi connectivity index (χ3v) is 3.10. The molecule has 3 nitrogen and oxygen atoms in total. The van der Waals surface area contributed by atoms with Crippen molar-refractivity contribution in [3.05, 3.63) is 71.8 Å². The quantitative estimate of drug-likeness (QED) is 0.881. The number of rotatable bonds is 3. The third-order valence-electron chi connectivity index (χ3n) is 3.10. The van der Waals surface area contributed by atoms with E-state index in [4.69, 9.17) is 4.74 Å². The lowest BCUT2D eigenvalue weighted by Gasteiger charge is -2.11. The van der Waals surface area contributed by atoms with E-state index in [9.17, 15) is 0 Å². The molecule has 0 aliphatic carbocycles. The maximum atomic E-state index is 5.92. The predicted octanol–water partition coefficient (Wildman–Crippen LogP) is 2.64. The lowest BCUT2D eigenvalue weighted by atomic mass is 10.1. The van der Waals surface area contributed by atoms with Crippen molar-refractivity contribution in [2.75, 3.05) is 7.05 Å². The Labute approximate surface area is 112 Å². The van der Waals surface area contributed by atoms with Gasteiger partial charge in [0.15, 0.2) is 5.76 Å². The minimum Gasteiger partial charge on any atom is -0.455 e. The molecule has 0 bridgehead atoms. The van der Waals surface area contributed by atoms with Gasteiger partial charge < -0.3 is 10.1 Å². The molecule has 2 N–H and O–H groups in total. The minimum atomic E-state index is -0.189. The van der Waals surface area contributed by atoms with Crippen molar-refractivity contribution in [3.63, 3.8) is 0 Å². The third kappa shape index (κ3) is 2.33. The van der Waals surface area contributed by atoms with Crippen LogP contribution in [0.3, 0.4) is 0 Å². The normalized spacial score (nSPS) is 18.1. The Morgan fingerprint density at radius 1 is 0.895 bits per heavy atom. The Bertz CT molecular complexity index is 527. The van der Waals surface area contributed by atoms with Crippen molar-refractivity contribution < 1.29 is 4.74 Å². The molecule has 19 heavy (non-hydrogen) atoms. The first-order valence-corrected chi connectivity index (χ1v) is 6.34. The van der Waals surface area contributed by atoms with Crippen LogP contribution >= 0.6 is 0 Å². The second-order valence-corrected chi connectivity index (χ2v) is 4.37. The molecule has 2 aromatic rings. The zero-order valence-corrected chi connectivity index (χ0v) is 10.8. The van der Waals surface area contributed by atoms with Crippen LogP contribution in [0.15, 0.2) is 60.7 Å². The first-order chi connectivity index (χ1) is 9.38. The molecule has 0 amide bonds. The summed E-state index contributed by atoms with van der Waals surface area (Å²) in [6, 6.07) is 20.4. The first kappa shape index (κ1) is 11.8. The number of ether oxygens (including phenoxy) is 1. The molecule has 1 aliphatic rings. The van der Waals surface area contributed by atoms with Crippen LogP contribution in [-0.2, 0) is 4.74 Å². The summed E-state index contributed by atoms with van der Waals surface area (Å²) in [6.45, 7) is 0. The fourth-order valence-electron chi connectivity index (χ4n) is 2.16. The Morgan fingerprint density at radius 2 is 1.47 bits per heavy atom. The van der Waals surface area contributed by atoms with Gasteiger partial charge in [-0.3, -0.25) is 5.32 Å². The second kappa shape index (κ2) is 5.16. The van der Waals surface area contributed by atoms with Gasteiger partial charge in [0.25, 0.3) is 0 Å². The van der Waals surface area contributed by atoms with Gasteiger partial charge in [-0.2, -0.15) is 0 Å². The van der Waals surface area contributed by atoms with Crippen LogP contribution in [0.4, 0.5) is 0 Å². The van der Waals surface area contributed by atoms with E-state index in [1.165, 1.54) is 0 Å². The average Bonchev–Trinajstić information content (AvgIpc) is 2.93. The molecule has 3 heteroatoms. The number of hydrogen-bond acceptors (Lipinski definition) is 3. The standard InChI is InChI=1S/C16H16N2O/c1-17-16-18-14(12-8-4-2-5-9-12)15(19-16)13-10-6-3-7-11-13/h2-11,16-18H,1H3.